The summed E-state index contributed by atoms with van der Waals surface area (Å²) in [6, 6.07) is 11.8. The number of ether oxygens (including phenoxy) is 1. The lowest BCUT2D eigenvalue weighted by Gasteiger charge is -2.05. The van der Waals surface area contributed by atoms with Crippen molar-refractivity contribution in [1.82, 2.24) is 0 Å². The third kappa shape index (κ3) is 2.82. The Balaban J connectivity index is 2.46. The number of methoxy groups -OCH3 is 1. The zero-order valence-corrected chi connectivity index (χ0v) is 10.2. The predicted octanol–water partition coefficient (Wildman–Crippen LogP) is 3.35. The van der Waals surface area contributed by atoms with Crippen LogP contribution in [0.1, 0.15) is 11.1 Å². The molecule has 0 aliphatic heterocycles. The Kier molecular flexibility index (Phi) is 3.73. The van der Waals surface area contributed by atoms with Gasteiger partial charge in [0.1, 0.15) is 0 Å². The summed E-state index contributed by atoms with van der Waals surface area (Å²) in [4.78, 5) is 11.4. The number of carbonyl (C=O) groups excluding carboxylic acids is 1. The van der Waals surface area contributed by atoms with E-state index < -0.39 is 0 Å². The van der Waals surface area contributed by atoms with Crippen molar-refractivity contribution in [2.45, 2.75) is 0 Å². The molecule has 0 radical (unpaired) electrons. The second-order valence-corrected chi connectivity index (χ2v) is 4.24. The molecule has 0 fully saturated rings. The van der Waals surface area contributed by atoms with Crippen LogP contribution in [0.5, 0.6) is 0 Å². The molecule has 0 N–H and O–H groups in total. The van der Waals surface area contributed by atoms with Gasteiger partial charge in [0.25, 0.3) is 0 Å². The number of benzene rings is 1. The maximum atomic E-state index is 11.4. The lowest BCUT2D eigenvalue weighted by Crippen LogP contribution is -1.97. The summed E-state index contributed by atoms with van der Waals surface area (Å²) in [6.07, 6.45) is 1.53. The second kappa shape index (κ2) is 5.46. The quantitative estimate of drug-likeness (QED) is 0.611. The predicted molar refractivity (Wildman–Crippen MR) is 69.9 cm³/mol. The first-order chi connectivity index (χ1) is 8.31. The fourth-order valence-electron chi connectivity index (χ4n) is 1.55. The molecule has 0 unspecified atom stereocenters. The molecule has 0 saturated heterocycles. The molecule has 0 bridgehead atoms. The molecular weight excluding hydrogens is 232 g/mol. The third-order valence-corrected chi connectivity index (χ3v) is 3.06. The van der Waals surface area contributed by atoms with Crippen molar-refractivity contribution in [3.05, 3.63) is 64.4 Å². The fourth-order valence-corrected chi connectivity index (χ4v) is 2.20. The molecule has 3 heteroatoms. The minimum atomic E-state index is -0.338. The van der Waals surface area contributed by atoms with Crippen molar-refractivity contribution in [2.24, 2.45) is 0 Å². The Hall–Kier alpha value is -1.87. The molecule has 1 heterocycles. The SMILES string of the molecule is COC(=O)/C=C(\c1ccccc1)c1ccsc1. The first kappa shape index (κ1) is 11.6. The summed E-state index contributed by atoms with van der Waals surface area (Å²) in [7, 11) is 1.38. The molecule has 17 heavy (non-hydrogen) atoms. The van der Waals surface area contributed by atoms with Crippen molar-refractivity contribution in [3.8, 4) is 0 Å². The highest BCUT2D eigenvalue weighted by molar-refractivity contribution is 7.08. The van der Waals surface area contributed by atoms with Crippen molar-refractivity contribution < 1.29 is 9.53 Å². The molecule has 0 spiro atoms. The molecule has 2 nitrogen and oxygen atoms in total. The number of esters is 1. The molecule has 1 aromatic heterocycles. The molecular formula is C14H12O2S. The van der Waals surface area contributed by atoms with E-state index in [1.54, 1.807) is 11.3 Å². The molecule has 2 rings (SSSR count). The molecule has 0 amide bonds. The number of carbonyl (C=O) groups is 1. The van der Waals surface area contributed by atoms with Crippen LogP contribution in [0, 0.1) is 0 Å². The van der Waals surface area contributed by atoms with E-state index in [-0.39, 0.29) is 5.97 Å². The van der Waals surface area contributed by atoms with Crippen LogP contribution in [0.4, 0.5) is 0 Å². The van der Waals surface area contributed by atoms with Crippen LogP contribution < -0.4 is 0 Å². The number of hydrogen-bond donors (Lipinski definition) is 0. The minimum absolute atomic E-state index is 0.338. The molecule has 0 saturated carbocycles. The van der Waals surface area contributed by atoms with Crippen LogP contribution in [-0.4, -0.2) is 13.1 Å². The van der Waals surface area contributed by atoms with Gasteiger partial charge in [-0.05, 0) is 33.5 Å². The summed E-state index contributed by atoms with van der Waals surface area (Å²) in [5.41, 5.74) is 2.93. The maximum absolute atomic E-state index is 11.4. The largest absolute Gasteiger partial charge is 0.466 e. The first-order valence-corrected chi connectivity index (χ1v) is 6.13. The summed E-state index contributed by atoms with van der Waals surface area (Å²) < 4.78 is 4.69. The summed E-state index contributed by atoms with van der Waals surface area (Å²) in [5.74, 6) is -0.338. The summed E-state index contributed by atoms with van der Waals surface area (Å²) in [6.45, 7) is 0. The highest BCUT2D eigenvalue weighted by atomic mass is 32.1. The highest BCUT2D eigenvalue weighted by Crippen LogP contribution is 2.25. The zero-order valence-electron chi connectivity index (χ0n) is 9.42. The monoisotopic (exact) mass is 244 g/mol. The lowest BCUT2D eigenvalue weighted by atomic mass is 10.0. The van der Waals surface area contributed by atoms with Gasteiger partial charge in [0.05, 0.1) is 7.11 Å². The van der Waals surface area contributed by atoms with Gasteiger partial charge in [-0.15, -0.1) is 0 Å². The van der Waals surface area contributed by atoms with Crippen molar-refractivity contribution in [1.29, 1.82) is 0 Å². The van der Waals surface area contributed by atoms with Gasteiger partial charge in [0.15, 0.2) is 0 Å². The number of hydrogen-bond acceptors (Lipinski definition) is 3. The van der Waals surface area contributed by atoms with Gasteiger partial charge >= 0.3 is 5.97 Å². The molecule has 1 aromatic carbocycles. The van der Waals surface area contributed by atoms with Gasteiger partial charge in [0, 0.05) is 6.08 Å². The van der Waals surface area contributed by atoms with Crippen molar-refractivity contribution >= 4 is 22.9 Å². The standard InChI is InChI=1S/C14H12O2S/c1-16-14(15)9-13(12-7-8-17-10-12)11-5-3-2-4-6-11/h2-10H,1H3/b13-9+. The minimum Gasteiger partial charge on any atom is -0.466 e. The van der Waals surface area contributed by atoms with Gasteiger partial charge < -0.3 is 4.74 Å². The maximum Gasteiger partial charge on any atom is 0.331 e. The summed E-state index contributed by atoms with van der Waals surface area (Å²) >= 11 is 1.60. The number of rotatable bonds is 3. The average Bonchev–Trinajstić information content (AvgIpc) is 2.90. The first-order valence-electron chi connectivity index (χ1n) is 5.19. The molecule has 86 valence electrons. The topological polar surface area (TPSA) is 26.3 Å². The van der Waals surface area contributed by atoms with Crippen LogP contribution in [-0.2, 0) is 9.53 Å². The van der Waals surface area contributed by atoms with Gasteiger partial charge in [-0.1, -0.05) is 30.3 Å². The van der Waals surface area contributed by atoms with E-state index in [0.29, 0.717) is 0 Å². The second-order valence-electron chi connectivity index (χ2n) is 3.46. The Morgan fingerprint density at radius 2 is 1.94 bits per heavy atom. The Morgan fingerprint density at radius 1 is 1.18 bits per heavy atom. The smallest absolute Gasteiger partial charge is 0.331 e. The fraction of sp³-hybridized carbons (Fsp3) is 0.0714. The molecule has 0 aliphatic carbocycles. The Morgan fingerprint density at radius 3 is 2.53 bits per heavy atom. The molecule has 0 atom stereocenters. The van der Waals surface area contributed by atoms with Crippen LogP contribution in [0.2, 0.25) is 0 Å². The van der Waals surface area contributed by atoms with E-state index in [1.807, 2.05) is 47.2 Å². The van der Waals surface area contributed by atoms with E-state index >= 15 is 0 Å². The van der Waals surface area contributed by atoms with Gasteiger partial charge in [-0.2, -0.15) is 11.3 Å². The van der Waals surface area contributed by atoms with Crippen LogP contribution in [0.15, 0.2) is 53.2 Å². The lowest BCUT2D eigenvalue weighted by molar-refractivity contribution is -0.134. The third-order valence-electron chi connectivity index (χ3n) is 2.38. The van der Waals surface area contributed by atoms with E-state index in [2.05, 4.69) is 4.74 Å². The highest BCUT2D eigenvalue weighted by Gasteiger charge is 2.07. The van der Waals surface area contributed by atoms with E-state index in [1.165, 1.54) is 13.2 Å². The molecule has 0 aliphatic rings. The molecule has 2 aromatic rings. The van der Waals surface area contributed by atoms with Crippen LogP contribution >= 0.6 is 11.3 Å². The van der Waals surface area contributed by atoms with E-state index in [4.69, 9.17) is 0 Å². The van der Waals surface area contributed by atoms with Gasteiger partial charge in [-0.3, -0.25) is 0 Å². The van der Waals surface area contributed by atoms with E-state index in [0.717, 1.165) is 16.7 Å². The van der Waals surface area contributed by atoms with Gasteiger partial charge in [0.2, 0.25) is 0 Å². The number of thiophene rings is 1. The van der Waals surface area contributed by atoms with Crippen LogP contribution in [0.25, 0.3) is 5.57 Å². The van der Waals surface area contributed by atoms with Gasteiger partial charge in [-0.25, -0.2) is 4.79 Å². The van der Waals surface area contributed by atoms with Crippen molar-refractivity contribution in [3.63, 3.8) is 0 Å². The van der Waals surface area contributed by atoms with Crippen molar-refractivity contribution in [2.75, 3.05) is 7.11 Å². The normalized spacial score (nSPS) is 11.2. The summed E-state index contributed by atoms with van der Waals surface area (Å²) in [5, 5.41) is 4.01. The Bertz CT molecular complexity index is 512. The Labute approximate surface area is 104 Å². The van der Waals surface area contributed by atoms with E-state index in [9.17, 15) is 4.79 Å². The van der Waals surface area contributed by atoms with Crippen LogP contribution in [0.3, 0.4) is 0 Å². The average molecular weight is 244 g/mol. The zero-order chi connectivity index (χ0) is 12.1.